The molecule has 0 saturated heterocycles. The molecule has 0 fully saturated rings. The van der Waals surface area contributed by atoms with Crippen molar-refractivity contribution in [3.05, 3.63) is 63.3 Å². The number of carbonyl (C=O) groups is 2. The Morgan fingerprint density at radius 2 is 2.00 bits per heavy atom. The molecule has 0 bridgehead atoms. The Kier molecular flexibility index (Phi) is 3.84. The molecule has 0 unspecified atom stereocenters. The quantitative estimate of drug-likeness (QED) is 0.789. The molecule has 0 spiro atoms. The van der Waals surface area contributed by atoms with Gasteiger partial charge in [0.15, 0.2) is 5.43 Å². The summed E-state index contributed by atoms with van der Waals surface area (Å²) in [4.78, 5) is 37.4. The highest BCUT2D eigenvalue weighted by atomic mass is 19.1. The summed E-state index contributed by atoms with van der Waals surface area (Å²) >= 11 is 0. The summed E-state index contributed by atoms with van der Waals surface area (Å²) in [6.07, 6.45) is 1.24. The number of carbonyl (C=O) groups excluding carboxylic acids is 2. The van der Waals surface area contributed by atoms with Gasteiger partial charge in [-0.3, -0.25) is 14.4 Å². The van der Waals surface area contributed by atoms with Crippen LogP contribution in [0.5, 0.6) is 0 Å². The summed E-state index contributed by atoms with van der Waals surface area (Å²) in [6.45, 7) is 1.67. The lowest BCUT2D eigenvalue weighted by atomic mass is 10.1. The largest absolute Gasteiger partial charge is 0.366 e. The molecule has 0 saturated carbocycles. The number of aromatic amines is 1. The second kappa shape index (κ2) is 5.58. The minimum absolute atomic E-state index is 0.0458. The van der Waals surface area contributed by atoms with Gasteiger partial charge in [-0.1, -0.05) is 0 Å². The van der Waals surface area contributed by atoms with Gasteiger partial charge in [-0.2, -0.15) is 0 Å². The number of amides is 2. The van der Waals surface area contributed by atoms with E-state index in [4.69, 9.17) is 5.73 Å². The lowest BCUT2D eigenvalue weighted by Crippen LogP contribution is -2.22. The zero-order valence-electron chi connectivity index (χ0n) is 11.1. The van der Waals surface area contributed by atoms with Crippen molar-refractivity contribution in [3.8, 4) is 0 Å². The number of pyridine rings is 1. The zero-order chi connectivity index (χ0) is 15.6. The molecular formula is C14H12FN3O3. The zero-order valence-corrected chi connectivity index (χ0v) is 11.1. The average Bonchev–Trinajstić information content (AvgIpc) is 2.40. The minimum atomic E-state index is -0.781. The van der Waals surface area contributed by atoms with Crippen LogP contribution in [0.15, 0.2) is 35.3 Å². The van der Waals surface area contributed by atoms with Gasteiger partial charge in [0.2, 0.25) is 5.91 Å². The molecule has 108 valence electrons. The Hall–Kier alpha value is -2.96. The monoisotopic (exact) mass is 289 g/mol. The summed E-state index contributed by atoms with van der Waals surface area (Å²) in [5, 5.41) is 2.24. The van der Waals surface area contributed by atoms with Crippen LogP contribution in [-0.4, -0.2) is 16.8 Å². The van der Waals surface area contributed by atoms with E-state index in [9.17, 15) is 18.8 Å². The molecule has 6 nitrogen and oxygen atoms in total. The van der Waals surface area contributed by atoms with Crippen LogP contribution >= 0.6 is 0 Å². The van der Waals surface area contributed by atoms with Crippen LogP contribution in [-0.2, 0) is 0 Å². The normalized spacial score (nSPS) is 10.2. The number of primary amides is 1. The maximum Gasteiger partial charge on any atom is 0.261 e. The molecule has 0 aliphatic heterocycles. The third kappa shape index (κ3) is 3.14. The van der Waals surface area contributed by atoms with E-state index in [1.807, 2.05) is 0 Å². The van der Waals surface area contributed by atoms with Crippen molar-refractivity contribution in [1.29, 1.82) is 0 Å². The molecule has 21 heavy (non-hydrogen) atoms. The molecule has 2 rings (SSSR count). The Bertz CT molecular complexity index is 783. The van der Waals surface area contributed by atoms with E-state index < -0.39 is 23.1 Å². The molecule has 2 aromatic rings. The van der Waals surface area contributed by atoms with E-state index in [0.29, 0.717) is 5.69 Å². The van der Waals surface area contributed by atoms with Gasteiger partial charge < -0.3 is 16.0 Å². The first-order valence-corrected chi connectivity index (χ1v) is 5.98. The second-order valence-corrected chi connectivity index (χ2v) is 4.41. The second-order valence-electron chi connectivity index (χ2n) is 4.41. The fourth-order valence-corrected chi connectivity index (χ4v) is 1.71. The van der Waals surface area contributed by atoms with Gasteiger partial charge in [0.25, 0.3) is 5.91 Å². The van der Waals surface area contributed by atoms with Crippen molar-refractivity contribution in [1.82, 2.24) is 4.98 Å². The molecule has 7 heteroatoms. The van der Waals surface area contributed by atoms with Crippen LogP contribution < -0.4 is 16.5 Å². The van der Waals surface area contributed by atoms with Gasteiger partial charge in [-0.15, -0.1) is 0 Å². The molecule has 0 aliphatic rings. The lowest BCUT2D eigenvalue weighted by Gasteiger charge is -2.07. The highest BCUT2D eigenvalue weighted by Gasteiger charge is 2.14. The van der Waals surface area contributed by atoms with Gasteiger partial charge >= 0.3 is 0 Å². The first-order valence-electron chi connectivity index (χ1n) is 5.98. The highest BCUT2D eigenvalue weighted by molar-refractivity contribution is 6.04. The molecule has 4 N–H and O–H groups in total. The molecule has 1 heterocycles. The summed E-state index contributed by atoms with van der Waals surface area (Å²) in [5.74, 6) is -2.27. The molecule has 0 aliphatic carbocycles. The summed E-state index contributed by atoms with van der Waals surface area (Å²) < 4.78 is 13.6. The number of aryl methyl sites for hydroxylation is 1. The van der Waals surface area contributed by atoms with Gasteiger partial charge in [-0.25, -0.2) is 4.39 Å². The number of H-pyrrole nitrogens is 1. The maximum absolute atomic E-state index is 13.6. The fraction of sp³-hybridized carbons (Fsp3) is 0.0714. The minimum Gasteiger partial charge on any atom is -0.366 e. The first-order chi connectivity index (χ1) is 9.88. The third-order valence-electron chi connectivity index (χ3n) is 2.80. The predicted molar refractivity (Wildman–Crippen MR) is 74.7 cm³/mol. The van der Waals surface area contributed by atoms with Crippen molar-refractivity contribution < 1.29 is 14.0 Å². The summed E-state index contributed by atoms with van der Waals surface area (Å²) in [7, 11) is 0. The van der Waals surface area contributed by atoms with Crippen molar-refractivity contribution in [3.63, 3.8) is 0 Å². The SMILES string of the molecule is Cc1cc(=O)c(C(=O)Nc2cc(C(N)=O)ccc2F)c[nH]1. The molecule has 1 aromatic carbocycles. The van der Waals surface area contributed by atoms with E-state index in [1.54, 1.807) is 6.92 Å². The molecule has 2 amide bonds. The number of anilines is 1. The molecule has 1 aromatic heterocycles. The summed E-state index contributed by atoms with van der Waals surface area (Å²) in [6, 6.07) is 4.57. The maximum atomic E-state index is 13.6. The molecule has 0 atom stereocenters. The van der Waals surface area contributed by atoms with E-state index >= 15 is 0 Å². The number of hydrogen-bond donors (Lipinski definition) is 3. The Balaban J connectivity index is 2.33. The number of rotatable bonds is 3. The smallest absolute Gasteiger partial charge is 0.261 e. The van der Waals surface area contributed by atoms with E-state index in [1.165, 1.54) is 18.3 Å². The number of benzene rings is 1. The van der Waals surface area contributed by atoms with Crippen LogP contribution in [0.25, 0.3) is 0 Å². The van der Waals surface area contributed by atoms with E-state index in [-0.39, 0.29) is 16.8 Å². The van der Waals surface area contributed by atoms with Crippen molar-refractivity contribution in [2.45, 2.75) is 6.92 Å². The van der Waals surface area contributed by atoms with Crippen LogP contribution in [0.2, 0.25) is 0 Å². The number of halogens is 1. The number of hydrogen-bond acceptors (Lipinski definition) is 3. The van der Waals surface area contributed by atoms with Crippen molar-refractivity contribution in [2.24, 2.45) is 5.73 Å². The van der Waals surface area contributed by atoms with Crippen LogP contribution in [0, 0.1) is 12.7 Å². The summed E-state index contributed by atoms with van der Waals surface area (Å²) in [5.41, 5.74) is 4.85. The molecule has 0 radical (unpaired) electrons. The first kappa shape index (κ1) is 14.4. The van der Waals surface area contributed by atoms with Crippen LogP contribution in [0.1, 0.15) is 26.4 Å². The Labute approximate surface area is 118 Å². The fourth-order valence-electron chi connectivity index (χ4n) is 1.71. The van der Waals surface area contributed by atoms with Gasteiger partial charge in [0.1, 0.15) is 11.4 Å². The van der Waals surface area contributed by atoms with Crippen molar-refractivity contribution in [2.75, 3.05) is 5.32 Å². The topological polar surface area (TPSA) is 105 Å². The standard InChI is InChI=1S/C14H12FN3O3/c1-7-4-12(19)9(6-17-7)14(21)18-11-5-8(13(16)20)2-3-10(11)15/h2-6H,1H3,(H2,16,20)(H,17,19)(H,18,21). The van der Waals surface area contributed by atoms with Crippen LogP contribution in [0.4, 0.5) is 10.1 Å². The van der Waals surface area contributed by atoms with Crippen LogP contribution in [0.3, 0.4) is 0 Å². The van der Waals surface area contributed by atoms with E-state index in [2.05, 4.69) is 10.3 Å². The number of nitrogens with one attached hydrogen (secondary N) is 2. The average molecular weight is 289 g/mol. The van der Waals surface area contributed by atoms with E-state index in [0.717, 1.165) is 12.1 Å². The third-order valence-corrected chi connectivity index (χ3v) is 2.80. The molecular weight excluding hydrogens is 277 g/mol. The highest BCUT2D eigenvalue weighted by Crippen LogP contribution is 2.16. The van der Waals surface area contributed by atoms with Gasteiger partial charge in [0, 0.05) is 23.5 Å². The number of nitrogens with two attached hydrogens (primary N) is 1. The Morgan fingerprint density at radius 3 is 2.62 bits per heavy atom. The van der Waals surface area contributed by atoms with Gasteiger partial charge in [0.05, 0.1) is 5.69 Å². The van der Waals surface area contributed by atoms with Gasteiger partial charge in [-0.05, 0) is 25.1 Å². The number of aromatic nitrogens is 1. The van der Waals surface area contributed by atoms with Crippen molar-refractivity contribution >= 4 is 17.5 Å². The predicted octanol–water partition coefficient (Wildman–Crippen LogP) is 1.17. The lowest BCUT2D eigenvalue weighted by molar-refractivity contribution is 0.0995. The Morgan fingerprint density at radius 1 is 1.29 bits per heavy atom.